The summed E-state index contributed by atoms with van der Waals surface area (Å²) < 4.78 is 0. The zero-order valence-corrected chi connectivity index (χ0v) is 18.3. The molecule has 9 heteroatoms. The van der Waals surface area contributed by atoms with Crippen molar-refractivity contribution in [3.05, 3.63) is 89.5 Å². The van der Waals surface area contributed by atoms with Gasteiger partial charge in [-0.25, -0.2) is 4.98 Å². The summed E-state index contributed by atoms with van der Waals surface area (Å²) in [5, 5.41) is 13.1. The van der Waals surface area contributed by atoms with Crippen LogP contribution in [0.2, 0.25) is 0 Å². The number of hydrogen-bond donors (Lipinski definition) is 6. The first kappa shape index (κ1) is 23.7. The van der Waals surface area contributed by atoms with E-state index in [0.29, 0.717) is 18.4 Å². The Morgan fingerprint density at radius 3 is 2.39 bits per heavy atom. The van der Waals surface area contributed by atoms with Gasteiger partial charge in [-0.2, -0.15) is 0 Å². The molecule has 0 saturated heterocycles. The highest BCUT2D eigenvalue weighted by atomic mass is 16.2. The van der Waals surface area contributed by atoms with Crippen molar-refractivity contribution >= 4 is 17.6 Å². The van der Waals surface area contributed by atoms with Crippen molar-refractivity contribution in [2.24, 2.45) is 11.5 Å². The molecule has 3 aromatic rings. The Morgan fingerprint density at radius 1 is 1.03 bits per heavy atom. The maximum Gasteiger partial charge on any atom is 0.243 e. The minimum atomic E-state index is -0.808. The fraction of sp³-hybridized carbons (Fsp3) is 0.250. The Labute approximate surface area is 192 Å². The van der Waals surface area contributed by atoms with Crippen molar-refractivity contribution in [3.63, 3.8) is 0 Å². The molecule has 2 atom stereocenters. The standard InChI is InChI=1S/C24H29N7O2/c25-20(11-8-16-4-2-1-3-5-16)23(32)31-21(12-19-14-28-15-30-19)24(33)29-13-17-6-9-18(10-7-17)22(26)27/h1-7,9-10,14-15,20-21H,8,11-13,25H2,(H3,26,27)(H,28,30)(H,29,33)(H,31,32)/t20-,21+/m1/s1. The van der Waals surface area contributed by atoms with Gasteiger partial charge in [-0.05, 0) is 24.0 Å². The van der Waals surface area contributed by atoms with E-state index in [2.05, 4.69) is 20.6 Å². The Morgan fingerprint density at radius 2 is 1.76 bits per heavy atom. The van der Waals surface area contributed by atoms with E-state index in [0.717, 1.165) is 16.8 Å². The van der Waals surface area contributed by atoms with Gasteiger partial charge < -0.3 is 27.1 Å². The van der Waals surface area contributed by atoms with Crippen LogP contribution in [0.25, 0.3) is 0 Å². The van der Waals surface area contributed by atoms with Crippen LogP contribution in [-0.4, -0.2) is 39.7 Å². The van der Waals surface area contributed by atoms with Gasteiger partial charge in [0.15, 0.2) is 0 Å². The van der Waals surface area contributed by atoms with Crippen LogP contribution in [0.5, 0.6) is 0 Å². The number of rotatable bonds is 11. The zero-order chi connectivity index (χ0) is 23.6. The second-order valence-electron chi connectivity index (χ2n) is 7.80. The highest BCUT2D eigenvalue weighted by Gasteiger charge is 2.24. The van der Waals surface area contributed by atoms with Crippen LogP contribution in [0.15, 0.2) is 67.1 Å². The van der Waals surface area contributed by atoms with E-state index in [1.165, 1.54) is 6.33 Å². The number of H-pyrrole nitrogens is 1. The molecule has 2 amide bonds. The summed E-state index contributed by atoms with van der Waals surface area (Å²) in [7, 11) is 0. The summed E-state index contributed by atoms with van der Waals surface area (Å²) in [6.07, 6.45) is 4.53. The molecule has 2 aromatic carbocycles. The van der Waals surface area contributed by atoms with E-state index in [9.17, 15) is 9.59 Å². The first-order chi connectivity index (χ1) is 15.9. The largest absolute Gasteiger partial charge is 0.384 e. The van der Waals surface area contributed by atoms with Crippen LogP contribution in [-0.2, 0) is 29.0 Å². The molecule has 0 aliphatic heterocycles. The van der Waals surface area contributed by atoms with Crippen LogP contribution in [0.3, 0.4) is 0 Å². The lowest BCUT2D eigenvalue weighted by atomic mass is 10.0. The minimum Gasteiger partial charge on any atom is -0.384 e. The third kappa shape index (κ3) is 7.29. The first-order valence-corrected chi connectivity index (χ1v) is 10.7. The minimum absolute atomic E-state index is 0.0171. The maximum atomic E-state index is 12.9. The molecule has 0 unspecified atom stereocenters. The van der Waals surface area contributed by atoms with Gasteiger partial charge >= 0.3 is 0 Å². The summed E-state index contributed by atoms with van der Waals surface area (Å²) in [5.74, 6) is -0.725. The third-order valence-corrected chi connectivity index (χ3v) is 5.27. The molecule has 0 fully saturated rings. The summed E-state index contributed by atoms with van der Waals surface area (Å²) in [5.41, 5.74) is 14.8. The number of nitrogens with zero attached hydrogens (tertiary/aromatic N) is 1. The predicted molar refractivity (Wildman–Crippen MR) is 126 cm³/mol. The number of nitrogens with one attached hydrogen (secondary N) is 4. The van der Waals surface area contributed by atoms with Crippen LogP contribution in [0.4, 0.5) is 0 Å². The van der Waals surface area contributed by atoms with Crippen LogP contribution >= 0.6 is 0 Å². The number of amides is 2. The quantitative estimate of drug-likeness (QED) is 0.190. The summed E-state index contributed by atoms with van der Waals surface area (Å²) in [6, 6.07) is 15.3. The van der Waals surface area contributed by atoms with E-state index in [4.69, 9.17) is 16.9 Å². The summed E-state index contributed by atoms with van der Waals surface area (Å²) in [4.78, 5) is 32.5. The number of hydrogen-bond acceptors (Lipinski definition) is 5. The number of carbonyl (C=O) groups excluding carboxylic acids is 2. The molecule has 172 valence electrons. The molecule has 1 aromatic heterocycles. The SMILES string of the molecule is N=C(N)c1ccc(CNC(=O)[C@H](Cc2cnc[nH]2)NC(=O)[C@H](N)CCc2ccccc2)cc1. The fourth-order valence-electron chi connectivity index (χ4n) is 3.32. The molecule has 0 bridgehead atoms. The number of aromatic amines is 1. The van der Waals surface area contributed by atoms with Crippen molar-refractivity contribution in [3.8, 4) is 0 Å². The maximum absolute atomic E-state index is 12.9. The average molecular weight is 448 g/mol. The normalized spacial score (nSPS) is 12.5. The number of aryl methyl sites for hydroxylation is 1. The zero-order valence-electron chi connectivity index (χ0n) is 18.3. The number of nitrogens with two attached hydrogens (primary N) is 2. The van der Waals surface area contributed by atoms with Gasteiger partial charge in [0.25, 0.3) is 0 Å². The van der Waals surface area contributed by atoms with E-state index in [1.54, 1.807) is 30.5 Å². The highest BCUT2D eigenvalue weighted by molar-refractivity contribution is 5.95. The second-order valence-corrected chi connectivity index (χ2v) is 7.80. The molecular weight excluding hydrogens is 418 g/mol. The Hall–Kier alpha value is -3.98. The smallest absolute Gasteiger partial charge is 0.243 e. The van der Waals surface area contributed by atoms with E-state index >= 15 is 0 Å². The molecule has 33 heavy (non-hydrogen) atoms. The molecule has 3 rings (SSSR count). The Balaban J connectivity index is 1.59. The van der Waals surface area contributed by atoms with Gasteiger partial charge in [0, 0.05) is 30.4 Å². The Bertz CT molecular complexity index is 1050. The number of amidine groups is 1. The lowest BCUT2D eigenvalue weighted by molar-refractivity contribution is -0.129. The van der Waals surface area contributed by atoms with Crippen molar-refractivity contribution < 1.29 is 9.59 Å². The van der Waals surface area contributed by atoms with Gasteiger partial charge in [0.2, 0.25) is 11.8 Å². The lowest BCUT2D eigenvalue weighted by Gasteiger charge is -2.20. The first-order valence-electron chi connectivity index (χ1n) is 10.7. The van der Waals surface area contributed by atoms with Crippen LogP contribution in [0, 0.1) is 5.41 Å². The molecular formula is C24H29N7O2. The molecule has 8 N–H and O–H groups in total. The topological polar surface area (TPSA) is 163 Å². The summed E-state index contributed by atoms with van der Waals surface area (Å²) >= 11 is 0. The molecule has 9 nitrogen and oxygen atoms in total. The Kier molecular flexibility index (Phi) is 8.31. The number of benzene rings is 2. The van der Waals surface area contributed by atoms with Crippen LogP contribution in [0.1, 0.15) is 28.8 Å². The third-order valence-electron chi connectivity index (χ3n) is 5.27. The van der Waals surface area contributed by atoms with Crippen molar-refractivity contribution in [1.82, 2.24) is 20.6 Å². The number of imidazole rings is 1. The number of aromatic nitrogens is 2. The predicted octanol–water partition coefficient (Wildman–Crippen LogP) is 0.998. The van der Waals surface area contributed by atoms with E-state index in [-0.39, 0.29) is 30.6 Å². The van der Waals surface area contributed by atoms with Gasteiger partial charge in [-0.1, -0.05) is 54.6 Å². The van der Waals surface area contributed by atoms with E-state index in [1.807, 2.05) is 30.3 Å². The second kappa shape index (κ2) is 11.6. The van der Waals surface area contributed by atoms with E-state index < -0.39 is 12.1 Å². The van der Waals surface area contributed by atoms with Crippen molar-refractivity contribution in [1.29, 1.82) is 5.41 Å². The fourth-order valence-corrected chi connectivity index (χ4v) is 3.32. The van der Waals surface area contributed by atoms with Gasteiger partial charge in [-0.3, -0.25) is 15.0 Å². The molecule has 0 aliphatic carbocycles. The number of carbonyl (C=O) groups is 2. The molecule has 0 saturated carbocycles. The molecule has 0 spiro atoms. The molecule has 0 aliphatic rings. The van der Waals surface area contributed by atoms with Gasteiger partial charge in [0.1, 0.15) is 11.9 Å². The monoisotopic (exact) mass is 447 g/mol. The average Bonchev–Trinajstić information content (AvgIpc) is 3.34. The number of nitrogen functional groups attached to an aromatic ring is 1. The van der Waals surface area contributed by atoms with Gasteiger partial charge in [-0.15, -0.1) is 0 Å². The van der Waals surface area contributed by atoms with Crippen molar-refractivity contribution in [2.45, 2.75) is 37.9 Å². The van der Waals surface area contributed by atoms with Crippen molar-refractivity contribution in [2.75, 3.05) is 0 Å². The molecule has 0 radical (unpaired) electrons. The lowest BCUT2D eigenvalue weighted by Crippen LogP contribution is -2.52. The van der Waals surface area contributed by atoms with Gasteiger partial charge in [0.05, 0.1) is 12.4 Å². The highest BCUT2D eigenvalue weighted by Crippen LogP contribution is 2.07. The molecule has 1 heterocycles. The van der Waals surface area contributed by atoms with Crippen LogP contribution < -0.4 is 22.1 Å². The summed E-state index contributed by atoms with van der Waals surface area (Å²) in [6.45, 7) is 0.270.